The molecule has 0 aliphatic carbocycles. The second-order valence-electron chi connectivity index (χ2n) is 5.18. The third-order valence-electron chi connectivity index (χ3n) is 3.49. The summed E-state index contributed by atoms with van der Waals surface area (Å²) in [5.74, 6) is 0. The van der Waals surface area contributed by atoms with Gasteiger partial charge in [-0.15, -0.1) is 0 Å². The maximum Gasteiger partial charge on any atom is 0.240 e. The second kappa shape index (κ2) is 7.89. The van der Waals surface area contributed by atoms with Gasteiger partial charge >= 0.3 is 0 Å². The summed E-state index contributed by atoms with van der Waals surface area (Å²) in [5.41, 5.74) is 2.03. The molecule has 1 aliphatic heterocycles. The fraction of sp³-hybridized carbons (Fsp3) is 0.600. The van der Waals surface area contributed by atoms with E-state index in [9.17, 15) is 8.42 Å². The number of sulfonamides is 1. The van der Waals surface area contributed by atoms with Crippen molar-refractivity contribution in [3.8, 4) is 0 Å². The van der Waals surface area contributed by atoms with E-state index in [-0.39, 0.29) is 0 Å². The SMILES string of the molecule is CCCOCCCNS(=O)(=O)c1cccc2c1CCNC2. The standard InChI is InChI=1S/C15H24N2O3S/c1-2-10-20-11-4-8-17-21(18,19)15-6-3-5-13-12-16-9-7-14(13)15/h3,5-6,16-17H,2,4,7-12H2,1H3. The molecule has 118 valence electrons. The highest BCUT2D eigenvalue weighted by Crippen LogP contribution is 2.22. The smallest absolute Gasteiger partial charge is 0.240 e. The van der Waals surface area contributed by atoms with Crippen LogP contribution in [0.2, 0.25) is 0 Å². The van der Waals surface area contributed by atoms with Gasteiger partial charge in [-0.25, -0.2) is 13.1 Å². The van der Waals surface area contributed by atoms with Crippen LogP contribution in [0.1, 0.15) is 30.9 Å². The topological polar surface area (TPSA) is 67.4 Å². The molecule has 0 saturated carbocycles. The van der Waals surface area contributed by atoms with Crippen LogP contribution in [0.5, 0.6) is 0 Å². The zero-order valence-electron chi connectivity index (χ0n) is 12.5. The van der Waals surface area contributed by atoms with Crippen LogP contribution in [0, 0.1) is 0 Å². The van der Waals surface area contributed by atoms with Crippen LogP contribution in [-0.4, -0.2) is 34.7 Å². The van der Waals surface area contributed by atoms with Crippen molar-refractivity contribution in [3.05, 3.63) is 29.3 Å². The van der Waals surface area contributed by atoms with Gasteiger partial charge in [-0.05, 0) is 43.0 Å². The minimum absolute atomic E-state index is 0.411. The molecule has 1 aromatic carbocycles. The molecule has 0 aromatic heterocycles. The highest BCUT2D eigenvalue weighted by atomic mass is 32.2. The molecule has 21 heavy (non-hydrogen) atoms. The molecule has 1 aromatic rings. The first-order chi connectivity index (χ1) is 10.1. The summed E-state index contributed by atoms with van der Waals surface area (Å²) in [5, 5.41) is 3.26. The fourth-order valence-electron chi connectivity index (χ4n) is 2.45. The maximum atomic E-state index is 12.4. The van der Waals surface area contributed by atoms with E-state index in [1.807, 2.05) is 12.1 Å². The molecule has 0 bridgehead atoms. The van der Waals surface area contributed by atoms with Crippen LogP contribution in [0.3, 0.4) is 0 Å². The Morgan fingerprint density at radius 1 is 1.33 bits per heavy atom. The first-order valence-corrected chi connectivity index (χ1v) is 9.02. The summed E-state index contributed by atoms with van der Waals surface area (Å²) >= 11 is 0. The zero-order chi connectivity index (χ0) is 15.1. The van der Waals surface area contributed by atoms with Crippen molar-refractivity contribution in [3.63, 3.8) is 0 Å². The van der Waals surface area contributed by atoms with Gasteiger partial charge in [0.05, 0.1) is 4.90 Å². The van der Waals surface area contributed by atoms with Crippen LogP contribution in [0.25, 0.3) is 0 Å². The highest BCUT2D eigenvalue weighted by Gasteiger charge is 2.21. The van der Waals surface area contributed by atoms with Gasteiger partial charge in [0, 0.05) is 26.3 Å². The molecule has 2 N–H and O–H groups in total. The van der Waals surface area contributed by atoms with Gasteiger partial charge in [-0.1, -0.05) is 19.1 Å². The average molecular weight is 312 g/mol. The van der Waals surface area contributed by atoms with E-state index in [0.29, 0.717) is 24.5 Å². The molecule has 0 spiro atoms. The van der Waals surface area contributed by atoms with E-state index in [2.05, 4.69) is 17.0 Å². The van der Waals surface area contributed by atoms with Crippen LogP contribution in [-0.2, 0) is 27.7 Å². The van der Waals surface area contributed by atoms with Gasteiger partial charge in [-0.2, -0.15) is 0 Å². The van der Waals surface area contributed by atoms with Crippen molar-refractivity contribution in [1.29, 1.82) is 0 Å². The van der Waals surface area contributed by atoms with Gasteiger partial charge in [0.1, 0.15) is 0 Å². The molecule has 2 rings (SSSR count). The monoisotopic (exact) mass is 312 g/mol. The number of fused-ring (bicyclic) bond motifs is 1. The maximum absolute atomic E-state index is 12.4. The van der Waals surface area contributed by atoms with Crippen LogP contribution < -0.4 is 10.0 Å². The largest absolute Gasteiger partial charge is 0.381 e. The fourth-order valence-corrected chi connectivity index (χ4v) is 3.84. The molecule has 1 aliphatic rings. The summed E-state index contributed by atoms with van der Waals surface area (Å²) in [7, 11) is -3.43. The van der Waals surface area contributed by atoms with Gasteiger partial charge in [0.15, 0.2) is 0 Å². The Kier molecular flexibility index (Phi) is 6.17. The van der Waals surface area contributed by atoms with Gasteiger partial charge in [0.2, 0.25) is 10.0 Å². The second-order valence-corrected chi connectivity index (χ2v) is 6.92. The first-order valence-electron chi connectivity index (χ1n) is 7.54. The predicted octanol–water partition coefficient (Wildman–Crippen LogP) is 1.43. The van der Waals surface area contributed by atoms with E-state index in [1.54, 1.807) is 6.07 Å². The Labute approximate surface area is 127 Å². The third-order valence-corrected chi connectivity index (χ3v) is 5.04. The summed E-state index contributed by atoms with van der Waals surface area (Å²) in [6.07, 6.45) is 2.43. The molecule has 1 heterocycles. The van der Waals surface area contributed by atoms with E-state index in [1.165, 1.54) is 0 Å². The van der Waals surface area contributed by atoms with Crippen molar-refractivity contribution in [2.45, 2.75) is 37.6 Å². The molecule has 5 nitrogen and oxygen atoms in total. The first kappa shape index (κ1) is 16.4. The van der Waals surface area contributed by atoms with Crippen LogP contribution in [0.15, 0.2) is 23.1 Å². The summed E-state index contributed by atoms with van der Waals surface area (Å²) in [4.78, 5) is 0.427. The molecule has 6 heteroatoms. The Morgan fingerprint density at radius 3 is 3.00 bits per heavy atom. The Balaban J connectivity index is 1.96. The van der Waals surface area contributed by atoms with E-state index < -0.39 is 10.0 Å². The molecular weight excluding hydrogens is 288 g/mol. The van der Waals surface area contributed by atoms with Crippen molar-refractivity contribution in [1.82, 2.24) is 10.0 Å². The molecule has 0 atom stereocenters. The van der Waals surface area contributed by atoms with Crippen molar-refractivity contribution < 1.29 is 13.2 Å². The normalized spacial score (nSPS) is 14.9. The lowest BCUT2D eigenvalue weighted by Gasteiger charge is -2.20. The van der Waals surface area contributed by atoms with Gasteiger partial charge < -0.3 is 10.1 Å². The minimum Gasteiger partial charge on any atom is -0.381 e. The Hall–Kier alpha value is -0.950. The van der Waals surface area contributed by atoms with Gasteiger partial charge in [0.25, 0.3) is 0 Å². The highest BCUT2D eigenvalue weighted by molar-refractivity contribution is 7.89. The predicted molar refractivity (Wildman–Crippen MR) is 82.8 cm³/mol. The summed E-state index contributed by atoms with van der Waals surface area (Å²) in [6.45, 7) is 5.34. The minimum atomic E-state index is -3.43. The van der Waals surface area contributed by atoms with E-state index in [0.717, 1.165) is 43.7 Å². The number of ether oxygens (including phenoxy) is 1. The number of hydrogen-bond acceptors (Lipinski definition) is 4. The summed E-state index contributed by atoms with van der Waals surface area (Å²) < 4.78 is 32.9. The van der Waals surface area contributed by atoms with Crippen molar-refractivity contribution in [2.75, 3.05) is 26.3 Å². The zero-order valence-corrected chi connectivity index (χ0v) is 13.3. The Morgan fingerprint density at radius 2 is 2.19 bits per heavy atom. The van der Waals surface area contributed by atoms with Crippen LogP contribution >= 0.6 is 0 Å². The quantitative estimate of drug-likeness (QED) is 0.713. The van der Waals surface area contributed by atoms with E-state index in [4.69, 9.17) is 4.74 Å². The van der Waals surface area contributed by atoms with Crippen LogP contribution in [0.4, 0.5) is 0 Å². The molecule has 0 saturated heterocycles. The van der Waals surface area contributed by atoms with Crippen molar-refractivity contribution >= 4 is 10.0 Å². The lowest BCUT2D eigenvalue weighted by atomic mass is 10.0. The van der Waals surface area contributed by atoms with Crippen molar-refractivity contribution in [2.24, 2.45) is 0 Å². The average Bonchev–Trinajstić information content (AvgIpc) is 2.50. The summed E-state index contributed by atoms with van der Waals surface area (Å²) in [6, 6.07) is 5.49. The number of nitrogens with one attached hydrogen (secondary N) is 2. The van der Waals surface area contributed by atoms with E-state index >= 15 is 0 Å². The molecule has 0 radical (unpaired) electrons. The molecule has 0 fully saturated rings. The number of rotatable bonds is 8. The molecule has 0 unspecified atom stereocenters. The lowest BCUT2D eigenvalue weighted by molar-refractivity contribution is 0.133. The third kappa shape index (κ3) is 4.51. The number of hydrogen-bond donors (Lipinski definition) is 2. The molecular formula is C15H24N2O3S. The van der Waals surface area contributed by atoms with Gasteiger partial charge in [-0.3, -0.25) is 0 Å². The number of benzene rings is 1. The molecule has 0 amide bonds. The lowest BCUT2D eigenvalue weighted by Crippen LogP contribution is -2.30. The Bertz CT molecular complexity index is 558.